The Balaban J connectivity index is 0.000000184. The molecule has 3 N–H and O–H groups in total. The summed E-state index contributed by atoms with van der Waals surface area (Å²) in [7, 11) is -9.63. The number of benzene rings is 7. The van der Waals surface area contributed by atoms with Crippen molar-refractivity contribution in [2.24, 2.45) is 0 Å². The van der Waals surface area contributed by atoms with E-state index >= 15 is 0 Å². The van der Waals surface area contributed by atoms with Crippen molar-refractivity contribution >= 4 is 73.1 Å². The van der Waals surface area contributed by atoms with Gasteiger partial charge in [0.05, 0.1) is 45.5 Å². The molecule has 334 valence electrons. The van der Waals surface area contributed by atoms with Crippen molar-refractivity contribution in [2.75, 3.05) is 33.4 Å². The summed E-state index contributed by atoms with van der Waals surface area (Å²) in [5.41, 5.74) is 2.02. The number of fused-ring (bicyclic) bond motifs is 4. The number of nitrogens with one attached hydrogen (secondary N) is 3. The van der Waals surface area contributed by atoms with Crippen LogP contribution in [-0.4, -0.2) is 79.1 Å². The van der Waals surface area contributed by atoms with Crippen molar-refractivity contribution < 1.29 is 38.9 Å². The molecule has 0 aliphatic heterocycles. The van der Waals surface area contributed by atoms with Crippen molar-refractivity contribution in [3.05, 3.63) is 151 Å². The molecule has 0 saturated heterocycles. The number of H-pyrrole nitrogens is 2. The predicted molar refractivity (Wildman–Crippen MR) is 249 cm³/mol. The predicted octanol–water partition coefficient (Wildman–Crippen LogP) is 8.57. The Labute approximate surface area is 376 Å². The van der Waals surface area contributed by atoms with Gasteiger partial charge in [0.1, 0.15) is 11.5 Å². The normalized spacial score (nSPS) is 12.1. The van der Waals surface area contributed by atoms with E-state index in [1.54, 1.807) is 84.9 Å². The average molecular weight is 932 g/mol. The minimum absolute atomic E-state index is 0.0168. The first-order valence-corrected chi connectivity index (χ1v) is 25.0. The van der Waals surface area contributed by atoms with Gasteiger partial charge in [-0.1, -0.05) is 90.5 Å². The number of sulfone groups is 2. The van der Waals surface area contributed by atoms with Crippen LogP contribution in [0.3, 0.4) is 0 Å². The van der Waals surface area contributed by atoms with Crippen LogP contribution in [0.5, 0.6) is 11.5 Å². The quantitative estimate of drug-likeness (QED) is 0.0617. The fraction of sp³-hybridized carbons (Fsp3) is 0.167. The van der Waals surface area contributed by atoms with Crippen LogP contribution < -0.4 is 14.8 Å². The molecule has 0 unspecified atom stereocenters. The Kier molecular flexibility index (Phi) is 13.3. The lowest BCUT2D eigenvalue weighted by Crippen LogP contribution is -2.11. The third-order valence-electron chi connectivity index (χ3n) is 10.5. The van der Waals surface area contributed by atoms with Gasteiger partial charge in [0, 0.05) is 28.0 Å². The minimum atomic E-state index is -3.90. The van der Waals surface area contributed by atoms with E-state index in [4.69, 9.17) is 13.7 Å². The first-order valence-electron chi connectivity index (χ1n) is 20.6. The van der Waals surface area contributed by atoms with Crippen LogP contribution in [0.1, 0.15) is 18.4 Å². The zero-order valence-corrected chi connectivity index (χ0v) is 37.8. The van der Waals surface area contributed by atoms with Crippen LogP contribution in [0.2, 0.25) is 0 Å². The maximum absolute atomic E-state index is 13.6. The number of hydrogen-bond donors (Lipinski definition) is 3. The van der Waals surface area contributed by atoms with E-state index in [0.717, 1.165) is 29.3 Å². The molecule has 2 aromatic heterocycles. The third-order valence-corrected chi connectivity index (χ3v) is 15.4. The number of ether oxygens (including phenoxy) is 2. The highest BCUT2D eigenvalue weighted by molar-refractivity contribution is 7.92. The van der Waals surface area contributed by atoms with Gasteiger partial charge < -0.3 is 14.8 Å². The maximum atomic E-state index is 13.6. The highest BCUT2D eigenvalue weighted by atomic mass is 32.2. The second-order valence-electron chi connectivity index (χ2n) is 15.0. The average Bonchev–Trinajstić information content (AvgIpc) is 3.95. The molecule has 0 atom stereocenters. The third kappa shape index (κ3) is 9.74. The second-order valence-corrected chi connectivity index (χ2v) is 20.3. The Bertz CT molecular complexity index is 3470. The first-order chi connectivity index (χ1) is 31.4. The second kappa shape index (κ2) is 19.2. The molecule has 0 amide bonds. The van der Waals surface area contributed by atoms with Gasteiger partial charge in [0.15, 0.2) is 10.1 Å². The minimum Gasteiger partial charge on any atom is -0.494 e. The summed E-state index contributed by atoms with van der Waals surface area (Å²) in [6, 6.07) is 41.9. The van der Waals surface area contributed by atoms with E-state index in [2.05, 4.69) is 25.7 Å². The Morgan fingerprint density at radius 1 is 0.523 bits per heavy atom. The molecule has 0 spiro atoms. The van der Waals surface area contributed by atoms with E-state index in [9.17, 15) is 25.3 Å². The van der Waals surface area contributed by atoms with E-state index < -0.39 is 29.8 Å². The van der Waals surface area contributed by atoms with Crippen LogP contribution in [0, 0.1) is 6.92 Å². The smallest absolute Gasteiger partial charge is 0.296 e. The van der Waals surface area contributed by atoms with Gasteiger partial charge in [-0.2, -0.15) is 18.6 Å². The number of nitrogens with zero attached hydrogens (tertiary/aromatic N) is 2. The number of hydrogen-bond acceptors (Lipinski definition) is 12. The lowest BCUT2D eigenvalue weighted by Gasteiger charge is -2.09. The molecule has 14 nitrogen and oxygen atoms in total. The van der Waals surface area contributed by atoms with E-state index in [-0.39, 0.29) is 38.0 Å². The van der Waals surface area contributed by atoms with Crippen LogP contribution in [0.15, 0.2) is 170 Å². The number of rotatable bonds is 16. The summed E-state index contributed by atoms with van der Waals surface area (Å²) in [6.45, 7) is 3.41. The highest BCUT2D eigenvalue weighted by Crippen LogP contribution is 2.34. The van der Waals surface area contributed by atoms with E-state index in [0.29, 0.717) is 57.1 Å². The van der Waals surface area contributed by atoms with Gasteiger partial charge in [0.2, 0.25) is 19.7 Å². The summed E-state index contributed by atoms with van der Waals surface area (Å²) in [5, 5.41) is 20.8. The van der Waals surface area contributed by atoms with Gasteiger partial charge in [0.25, 0.3) is 10.1 Å². The number of aromatic nitrogens is 4. The highest BCUT2D eigenvalue weighted by Gasteiger charge is 2.27. The molecule has 2 heterocycles. The van der Waals surface area contributed by atoms with Crippen LogP contribution >= 0.6 is 0 Å². The standard InChI is InChI=1S/C27H24N2O6S2.C21H21N3O3S/c1-19-10-13-22(14-11-19)37(32,33)35-17-5-16-34-21-12-15-25-24(18-21)27(29-28-25)36(30,31)26-9-4-7-20-6-2-3-8-23(20)26;1-22-12-5-13-27-16-10-11-19-18(14-16)21(24-23-19)28(25,26)20-9-4-7-15-6-2-3-8-17(15)20/h2-4,6-15,18H,5,16-17H2,1H3,(H,28,29);2-4,6-11,14,22H,5,12-13H2,1H3,(H,23,24). The van der Waals surface area contributed by atoms with E-state index in [1.165, 1.54) is 12.1 Å². The van der Waals surface area contributed by atoms with Gasteiger partial charge in [-0.25, -0.2) is 16.8 Å². The van der Waals surface area contributed by atoms with Crippen molar-refractivity contribution in [2.45, 2.75) is 44.5 Å². The molecule has 17 heteroatoms. The van der Waals surface area contributed by atoms with Crippen LogP contribution in [0.4, 0.5) is 0 Å². The lowest BCUT2D eigenvalue weighted by molar-refractivity contribution is 0.251. The molecule has 0 bridgehead atoms. The lowest BCUT2D eigenvalue weighted by atomic mass is 10.1. The zero-order chi connectivity index (χ0) is 45.6. The largest absolute Gasteiger partial charge is 0.494 e. The summed E-state index contributed by atoms with van der Waals surface area (Å²) in [6.07, 6.45) is 1.18. The molecule has 0 saturated carbocycles. The molecule has 0 fully saturated rings. The Morgan fingerprint density at radius 3 is 1.51 bits per heavy atom. The Morgan fingerprint density at radius 2 is 1.00 bits per heavy atom. The van der Waals surface area contributed by atoms with Gasteiger partial charge in [-0.05, 0) is 98.4 Å². The SMILES string of the molecule is CNCCCOc1ccc2n[nH]c(S(=O)(=O)c3cccc4ccccc34)c2c1.Cc1ccc(S(=O)(=O)OCCCOc2ccc3n[nH]c(S(=O)(=O)c4cccc5ccccc45)c3c2)cc1. The molecule has 65 heavy (non-hydrogen) atoms. The van der Waals surface area contributed by atoms with Crippen molar-refractivity contribution in [3.8, 4) is 11.5 Å². The van der Waals surface area contributed by atoms with Crippen molar-refractivity contribution in [1.82, 2.24) is 25.7 Å². The van der Waals surface area contributed by atoms with E-state index in [1.807, 2.05) is 62.5 Å². The summed E-state index contributed by atoms with van der Waals surface area (Å²) in [5.74, 6) is 1.06. The fourth-order valence-electron chi connectivity index (χ4n) is 7.23. The molecule has 0 radical (unpaired) electrons. The zero-order valence-electron chi connectivity index (χ0n) is 35.4. The molecular weight excluding hydrogens is 887 g/mol. The van der Waals surface area contributed by atoms with Gasteiger partial charge in [-0.15, -0.1) is 0 Å². The molecule has 7 aromatic carbocycles. The number of aryl methyl sites for hydroxylation is 1. The first kappa shape index (κ1) is 45.0. The molecular formula is C48H45N5O9S3. The van der Waals surface area contributed by atoms with Crippen molar-refractivity contribution in [3.63, 3.8) is 0 Å². The summed E-state index contributed by atoms with van der Waals surface area (Å²) >= 11 is 0. The van der Waals surface area contributed by atoms with Crippen molar-refractivity contribution in [1.29, 1.82) is 0 Å². The van der Waals surface area contributed by atoms with Crippen LogP contribution in [-0.2, 0) is 34.0 Å². The molecule has 0 aliphatic carbocycles. The van der Waals surface area contributed by atoms with Gasteiger partial charge in [-0.3, -0.25) is 14.4 Å². The fourth-order valence-corrected chi connectivity index (χ4v) is 11.3. The number of aromatic amines is 2. The Hall–Kier alpha value is -6.63. The van der Waals surface area contributed by atoms with Crippen LogP contribution in [0.25, 0.3) is 43.4 Å². The molecule has 9 rings (SSSR count). The molecule has 9 aromatic rings. The topological polar surface area (TPSA) is 199 Å². The monoisotopic (exact) mass is 931 g/mol. The molecule has 0 aliphatic rings. The maximum Gasteiger partial charge on any atom is 0.296 e. The summed E-state index contributed by atoms with van der Waals surface area (Å²) < 4.78 is 95.2. The summed E-state index contributed by atoms with van der Waals surface area (Å²) in [4.78, 5) is 0.551. The van der Waals surface area contributed by atoms with Gasteiger partial charge >= 0.3 is 0 Å².